The first kappa shape index (κ1) is 23.8. The highest BCUT2D eigenvalue weighted by molar-refractivity contribution is 7.94. The molecule has 0 spiro atoms. The summed E-state index contributed by atoms with van der Waals surface area (Å²) >= 11 is 0. The molecule has 0 unspecified atom stereocenters. The Bertz CT molecular complexity index is 1230. The highest BCUT2D eigenvalue weighted by Crippen LogP contribution is 2.22. The Hall–Kier alpha value is -1.83. The Morgan fingerprint density at radius 1 is 0.871 bits per heavy atom. The zero-order valence-electron chi connectivity index (χ0n) is 16.8. The van der Waals surface area contributed by atoms with Crippen molar-refractivity contribution in [2.45, 2.75) is 21.3 Å². The third kappa shape index (κ3) is 5.70. The van der Waals surface area contributed by atoms with Gasteiger partial charge in [-0.05, 0) is 29.8 Å². The predicted octanol–water partition coefficient (Wildman–Crippen LogP) is 1.06. The smallest absolute Gasteiger partial charge is 0.243 e. The van der Waals surface area contributed by atoms with Crippen LogP contribution in [0, 0.1) is 0 Å². The van der Waals surface area contributed by atoms with Crippen LogP contribution in [-0.4, -0.2) is 68.1 Å². The van der Waals surface area contributed by atoms with E-state index in [4.69, 9.17) is 9.47 Å². The molecule has 0 N–H and O–H groups in total. The second kappa shape index (κ2) is 9.35. The number of hydrogen-bond donors (Lipinski definition) is 0. The van der Waals surface area contributed by atoms with Crippen LogP contribution in [-0.2, 0) is 45.8 Å². The minimum absolute atomic E-state index is 0.0852. The summed E-state index contributed by atoms with van der Waals surface area (Å²) in [6, 6.07) is 11.3. The van der Waals surface area contributed by atoms with Gasteiger partial charge in [0.05, 0.1) is 34.5 Å². The molecule has 170 valence electrons. The Labute approximate surface area is 182 Å². The van der Waals surface area contributed by atoms with E-state index in [0.717, 1.165) is 6.26 Å². The van der Waals surface area contributed by atoms with Crippen LogP contribution in [0.25, 0.3) is 0 Å². The normalized spacial score (nSPS) is 16.3. The number of sulfone groups is 2. The number of ether oxygens (including phenoxy) is 2. The quantitative estimate of drug-likeness (QED) is 0.539. The van der Waals surface area contributed by atoms with Crippen LogP contribution in [0.1, 0.15) is 5.56 Å². The molecule has 12 heteroatoms. The molecule has 1 aliphatic rings. The van der Waals surface area contributed by atoms with Gasteiger partial charge in [-0.15, -0.1) is 0 Å². The minimum Gasteiger partial charge on any atom is -0.379 e. The SMILES string of the molecule is CS(=O)(=O)c1ccccc1S(=O)(=O)COCc1ccc(S(=O)(=O)N2CCOCC2)cc1. The van der Waals surface area contributed by atoms with Crippen molar-refractivity contribution in [3.63, 3.8) is 0 Å². The molecule has 1 heterocycles. The average Bonchev–Trinajstić information content (AvgIpc) is 2.74. The largest absolute Gasteiger partial charge is 0.379 e. The van der Waals surface area contributed by atoms with Crippen LogP contribution < -0.4 is 0 Å². The second-order valence-corrected chi connectivity index (χ2v) is 12.8. The molecule has 31 heavy (non-hydrogen) atoms. The second-order valence-electron chi connectivity index (χ2n) is 6.96. The van der Waals surface area contributed by atoms with Gasteiger partial charge < -0.3 is 9.47 Å². The summed E-state index contributed by atoms with van der Waals surface area (Å²) in [4.78, 5) is -0.464. The standard InChI is InChI=1S/C19H23NO8S3/c1-29(21,22)18-4-2-3-5-19(18)30(23,24)15-28-14-16-6-8-17(9-7-16)31(25,26)20-10-12-27-13-11-20/h2-9H,10-15H2,1H3. The van der Waals surface area contributed by atoms with E-state index < -0.39 is 35.6 Å². The number of morpholine rings is 1. The topological polar surface area (TPSA) is 124 Å². The average molecular weight is 490 g/mol. The van der Waals surface area contributed by atoms with Gasteiger partial charge in [-0.25, -0.2) is 25.3 Å². The number of hydrogen-bond acceptors (Lipinski definition) is 8. The molecule has 2 aromatic rings. The fraction of sp³-hybridized carbons (Fsp3) is 0.368. The molecule has 2 aromatic carbocycles. The summed E-state index contributed by atoms with van der Waals surface area (Å²) in [5, 5.41) is 0. The maximum Gasteiger partial charge on any atom is 0.243 e. The van der Waals surface area contributed by atoms with Gasteiger partial charge in [0.2, 0.25) is 19.9 Å². The molecule has 0 bridgehead atoms. The molecule has 1 fully saturated rings. The van der Waals surface area contributed by atoms with Crippen molar-refractivity contribution in [1.29, 1.82) is 0 Å². The van der Waals surface area contributed by atoms with E-state index in [9.17, 15) is 25.3 Å². The van der Waals surface area contributed by atoms with E-state index >= 15 is 0 Å². The van der Waals surface area contributed by atoms with Crippen molar-refractivity contribution in [3.05, 3.63) is 54.1 Å². The minimum atomic E-state index is -4.01. The molecule has 1 aliphatic heterocycles. The van der Waals surface area contributed by atoms with Crippen molar-refractivity contribution >= 4 is 29.7 Å². The third-order valence-corrected chi connectivity index (χ3v) is 9.32. The van der Waals surface area contributed by atoms with Gasteiger partial charge in [-0.3, -0.25) is 0 Å². The maximum atomic E-state index is 12.6. The van der Waals surface area contributed by atoms with Gasteiger partial charge in [0.25, 0.3) is 0 Å². The molecule has 0 aromatic heterocycles. The van der Waals surface area contributed by atoms with Crippen LogP contribution in [0.4, 0.5) is 0 Å². The Morgan fingerprint density at radius 3 is 2.03 bits per heavy atom. The maximum absolute atomic E-state index is 12.6. The summed E-state index contributed by atoms with van der Waals surface area (Å²) in [5.74, 6) is -0.715. The molecular formula is C19H23NO8S3. The molecule has 0 atom stereocenters. The molecule has 9 nitrogen and oxygen atoms in total. The van der Waals surface area contributed by atoms with Crippen LogP contribution >= 0.6 is 0 Å². The molecule has 0 saturated carbocycles. The summed E-state index contributed by atoms with van der Waals surface area (Å²) < 4.78 is 85.9. The number of rotatable bonds is 8. The van der Waals surface area contributed by atoms with Crippen LogP contribution in [0.15, 0.2) is 63.2 Å². The zero-order valence-corrected chi connectivity index (χ0v) is 19.2. The lowest BCUT2D eigenvalue weighted by Gasteiger charge is -2.26. The summed E-state index contributed by atoms with van der Waals surface area (Å²) in [6.45, 7) is 1.20. The highest BCUT2D eigenvalue weighted by atomic mass is 32.2. The van der Waals surface area contributed by atoms with E-state index in [2.05, 4.69) is 0 Å². The number of benzene rings is 2. The highest BCUT2D eigenvalue weighted by Gasteiger charge is 2.26. The molecule has 0 amide bonds. The van der Waals surface area contributed by atoms with Crippen molar-refractivity contribution in [3.8, 4) is 0 Å². The summed E-state index contributed by atoms with van der Waals surface area (Å²) in [5.41, 5.74) is 0.576. The van der Waals surface area contributed by atoms with Crippen LogP contribution in [0.2, 0.25) is 0 Å². The van der Waals surface area contributed by atoms with E-state index in [-0.39, 0.29) is 21.3 Å². The van der Waals surface area contributed by atoms with Gasteiger partial charge in [0.15, 0.2) is 15.8 Å². The van der Waals surface area contributed by atoms with Gasteiger partial charge >= 0.3 is 0 Å². The summed E-state index contributed by atoms with van der Waals surface area (Å²) in [6.07, 6.45) is 0.939. The Balaban J connectivity index is 1.66. The van der Waals surface area contributed by atoms with Crippen molar-refractivity contribution in [1.82, 2.24) is 4.31 Å². The Kier molecular flexibility index (Phi) is 7.18. The third-order valence-electron chi connectivity index (χ3n) is 4.62. The first-order chi connectivity index (χ1) is 14.5. The number of nitrogens with zero attached hydrogens (tertiary/aromatic N) is 1. The summed E-state index contributed by atoms with van der Waals surface area (Å²) in [7, 11) is -11.3. The lowest BCUT2D eigenvalue weighted by atomic mass is 10.2. The first-order valence-corrected chi connectivity index (χ1v) is 14.3. The van der Waals surface area contributed by atoms with Crippen molar-refractivity contribution < 1.29 is 34.7 Å². The monoisotopic (exact) mass is 489 g/mol. The van der Waals surface area contributed by atoms with Gasteiger partial charge in [-0.2, -0.15) is 4.31 Å². The van der Waals surface area contributed by atoms with E-state index in [0.29, 0.717) is 31.9 Å². The van der Waals surface area contributed by atoms with Gasteiger partial charge in [-0.1, -0.05) is 24.3 Å². The fourth-order valence-corrected chi connectivity index (χ4v) is 7.13. The number of sulfonamides is 1. The fourth-order valence-electron chi connectivity index (χ4n) is 3.04. The predicted molar refractivity (Wildman–Crippen MR) is 112 cm³/mol. The van der Waals surface area contributed by atoms with Gasteiger partial charge in [0.1, 0.15) is 0 Å². The Morgan fingerprint density at radius 2 is 1.45 bits per heavy atom. The van der Waals surface area contributed by atoms with Crippen LogP contribution in [0.5, 0.6) is 0 Å². The molecule has 0 radical (unpaired) electrons. The molecule has 1 saturated heterocycles. The molecule has 3 rings (SSSR count). The lowest BCUT2D eigenvalue weighted by Crippen LogP contribution is -2.40. The zero-order chi connectivity index (χ0) is 22.7. The van der Waals surface area contributed by atoms with Crippen LogP contribution in [0.3, 0.4) is 0 Å². The van der Waals surface area contributed by atoms with Gasteiger partial charge in [0, 0.05) is 19.3 Å². The first-order valence-electron chi connectivity index (χ1n) is 9.28. The van der Waals surface area contributed by atoms with Crippen molar-refractivity contribution in [2.24, 2.45) is 0 Å². The molecular weight excluding hydrogens is 466 g/mol. The van der Waals surface area contributed by atoms with E-state index in [1.165, 1.54) is 40.7 Å². The van der Waals surface area contributed by atoms with E-state index in [1.54, 1.807) is 12.1 Å². The van der Waals surface area contributed by atoms with E-state index in [1.807, 2.05) is 0 Å². The lowest BCUT2D eigenvalue weighted by molar-refractivity contribution is 0.0730. The molecule has 0 aliphatic carbocycles. The van der Waals surface area contributed by atoms with Crippen molar-refractivity contribution in [2.75, 3.05) is 38.5 Å².